The van der Waals surface area contributed by atoms with Crippen molar-refractivity contribution in [3.63, 3.8) is 0 Å². The van der Waals surface area contributed by atoms with Gasteiger partial charge in [-0.1, -0.05) is 11.6 Å². The maximum atomic E-state index is 11.9. The summed E-state index contributed by atoms with van der Waals surface area (Å²) < 4.78 is 11.9. The molecular formula is C11H14ClNOS. The molecule has 1 aromatic carbocycles. The summed E-state index contributed by atoms with van der Waals surface area (Å²) in [5.41, 5.74) is 0. The zero-order valence-electron chi connectivity index (χ0n) is 8.41. The molecule has 1 aliphatic heterocycles. The van der Waals surface area contributed by atoms with Crippen molar-refractivity contribution in [2.75, 3.05) is 12.3 Å². The van der Waals surface area contributed by atoms with Gasteiger partial charge in [-0.25, -0.2) is 0 Å². The van der Waals surface area contributed by atoms with E-state index in [0.29, 0.717) is 16.8 Å². The molecule has 2 atom stereocenters. The van der Waals surface area contributed by atoms with E-state index >= 15 is 0 Å². The summed E-state index contributed by atoms with van der Waals surface area (Å²) in [5, 5.41) is 4.04. The summed E-state index contributed by atoms with van der Waals surface area (Å²) >= 11 is 5.78. The van der Waals surface area contributed by atoms with Crippen molar-refractivity contribution in [3.05, 3.63) is 29.3 Å². The highest BCUT2D eigenvalue weighted by Gasteiger charge is 2.17. The molecule has 15 heavy (non-hydrogen) atoms. The monoisotopic (exact) mass is 243 g/mol. The zero-order valence-corrected chi connectivity index (χ0v) is 9.98. The molecule has 1 N–H and O–H groups in total. The van der Waals surface area contributed by atoms with E-state index in [0.717, 1.165) is 17.9 Å². The third kappa shape index (κ3) is 3.03. The minimum absolute atomic E-state index is 0.418. The van der Waals surface area contributed by atoms with Crippen molar-refractivity contribution in [3.8, 4) is 0 Å². The Morgan fingerprint density at radius 1 is 1.40 bits per heavy atom. The topological polar surface area (TPSA) is 29.1 Å². The normalized spacial score (nSPS) is 22.9. The van der Waals surface area contributed by atoms with Gasteiger partial charge in [0.1, 0.15) is 0 Å². The predicted octanol–water partition coefficient (Wildman–Crippen LogP) is 2.20. The lowest BCUT2D eigenvalue weighted by Gasteiger charge is -2.09. The highest BCUT2D eigenvalue weighted by atomic mass is 35.5. The Bertz CT molecular complexity index is 346. The van der Waals surface area contributed by atoms with Crippen LogP contribution < -0.4 is 5.32 Å². The largest absolute Gasteiger partial charge is 0.313 e. The lowest BCUT2D eigenvalue weighted by molar-refractivity contribution is 0.643. The molecule has 0 radical (unpaired) electrons. The molecule has 4 heteroatoms. The van der Waals surface area contributed by atoms with E-state index < -0.39 is 10.8 Å². The smallest absolute Gasteiger partial charge is 0.0545 e. The summed E-state index contributed by atoms with van der Waals surface area (Å²) in [6.45, 7) is 1.06. The van der Waals surface area contributed by atoms with Gasteiger partial charge >= 0.3 is 0 Å². The maximum Gasteiger partial charge on any atom is 0.0545 e. The Morgan fingerprint density at radius 3 is 2.73 bits per heavy atom. The van der Waals surface area contributed by atoms with Crippen LogP contribution in [0.1, 0.15) is 12.8 Å². The minimum atomic E-state index is -0.903. The Kier molecular flexibility index (Phi) is 3.78. The van der Waals surface area contributed by atoms with E-state index in [9.17, 15) is 4.21 Å². The molecule has 0 aliphatic carbocycles. The third-order valence-corrected chi connectivity index (χ3v) is 4.35. The molecule has 0 aromatic heterocycles. The van der Waals surface area contributed by atoms with E-state index in [-0.39, 0.29) is 0 Å². The van der Waals surface area contributed by atoms with E-state index in [1.165, 1.54) is 6.42 Å². The number of nitrogens with one attached hydrogen (secondary N) is 1. The van der Waals surface area contributed by atoms with Gasteiger partial charge in [-0.2, -0.15) is 0 Å². The molecule has 82 valence electrons. The van der Waals surface area contributed by atoms with Crippen LogP contribution in [-0.2, 0) is 10.8 Å². The lowest BCUT2D eigenvalue weighted by Crippen LogP contribution is -2.27. The molecule has 0 spiro atoms. The van der Waals surface area contributed by atoms with Gasteiger partial charge < -0.3 is 5.32 Å². The van der Waals surface area contributed by atoms with Crippen LogP contribution >= 0.6 is 11.6 Å². The molecule has 1 aliphatic rings. The average Bonchev–Trinajstić information content (AvgIpc) is 2.71. The number of halogens is 1. The van der Waals surface area contributed by atoms with Gasteiger partial charge in [0, 0.05) is 21.7 Å². The zero-order chi connectivity index (χ0) is 10.7. The van der Waals surface area contributed by atoms with Gasteiger partial charge in [0.25, 0.3) is 0 Å². The molecular weight excluding hydrogens is 230 g/mol. The molecule has 1 saturated heterocycles. The lowest BCUT2D eigenvalue weighted by atomic mass is 10.3. The summed E-state index contributed by atoms with van der Waals surface area (Å²) in [5.74, 6) is 0.710. The Labute approximate surface area is 97.5 Å². The van der Waals surface area contributed by atoms with Crippen molar-refractivity contribution in [2.45, 2.75) is 23.8 Å². The first kappa shape index (κ1) is 11.1. The van der Waals surface area contributed by atoms with Crippen LogP contribution in [0.3, 0.4) is 0 Å². The fourth-order valence-electron chi connectivity index (χ4n) is 1.76. The van der Waals surface area contributed by atoms with Crippen LogP contribution in [0.2, 0.25) is 5.02 Å². The van der Waals surface area contributed by atoms with Gasteiger partial charge in [0.15, 0.2) is 0 Å². The fourth-order valence-corrected chi connectivity index (χ4v) is 3.17. The molecule has 1 fully saturated rings. The van der Waals surface area contributed by atoms with Crippen LogP contribution in [-0.4, -0.2) is 22.5 Å². The molecule has 2 rings (SSSR count). The molecule has 0 bridgehead atoms. The van der Waals surface area contributed by atoms with E-state index in [1.54, 1.807) is 12.1 Å². The third-order valence-electron chi connectivity index (χ3n) is 2.59. The first-order chi connectivity index (χ1) is 7.25. The van der Waals surface area contributed by atoms with Crippen molar-refractivity contribution in [1.82, 2.24) is 5.32 Å². The first-order valence-electron chi connectivity index (χ1n) is 5.13. The summed E-state index contributed by atoms with van der Waals surface area (Å²) in [7, 11) is -0.903. The second-order valence-electron chi connectivity index (χ2n) is 3.76. The van der Waals surface area contributed by atoms with Crippen LogP contribution in [0.4, 0.5) is 0 Å². The summed E-state index contributed by atoms with van der Waals surface area (Å²) in [6, 6.07) is 7.68. The van der Waals surface area contributed by atoms with Crippen LogP contribution in [0, 0.1) is 0 Å². The first-order valence-corrected chi connectivity index (χ1v) is 6.83. The van der Waals surface area contributed by atoms with Gasteiger partial charge in [0.05, 0.1) is 10.8 Å². The molecule has 1 aromatic rings. The van der Waals surface area contributed by atoms with Crippen molar-refractivity contribution < 1.29 is 4.21 Å². The van der Waals surface area contributed by atoms with Crippen molar-refractivity contribution in [2.24, 2.45) is 0 Å². The van der Waals surface area contributed by atoms with Crippen molar-refractivity contribution >= 4 is 22.4 Å². The second kappa shape index (κ2) is 5.10. The second-order valence-corrected chi connectivity index (χ2v) is 5.69. The number of rotatable bonds is 3. The van der Waals surface area contributed by atoms with E-state index in [1.807, 2.05) is 12.1 Å². The number of hydrogen-bond donors (Lipinski definition) is 1. The maximum absolute atomic E-state index is 11.9. The summed E-state index contributed by atoms with van der Waals surface area (Å²) in [6.07, 6.45) is 2.34. The Balaban J connectivity index is 1.98. The quantitative estimate of drug-likeness (QED) is 0.882. The number of benzene rings is 1. The van der Waals surface area contributed by atoms with E-state index in [2.05, 4.69) is 5.32 Å². The summed E-state index contributed by atoms with van der Waals surface area (Å²) in [4.78, 5) is 0.869. The highest BCUT2D eigenvalue weighted by Crippen LogP contribution is 2.15. The Morgan fingerprint density at radius 2 is 2.13 bits per heavy atom. The molecule has 1 heterocycles. The van der Waals surface area contributed by atoms with Gasteiger partial charge in [-0.3, -0.25) is 4.21 Å². The minimum Gasteiger partial charge on any atom is -0.313 e. The van der Waals surface area contributed by atoms with Crippen molar-refractivity contribution in [1.29, 1.82) is 0 Å². The van der Waals surface area contributed by atoms with Crippen LogP contribution in [0.5, 0.6) is 0 Å². The molecule has 0 saturated carbocycles. The van der Waals surface area contributed by atoms with E-state index in [4.69, 9.17) is 11.6 Å². The van der Waals surface area contributed by atoms with Crippen LogP contribution in [0.15, 0.2) is 29.2 Å². The molecule has 2 nitrogen and oxygen atoms in total. The van der Waals surface area contributed by atoms with Gasteiger partial charge in [0.2, 0.25) is 0 Å². The highest BCUT2D eigenvalue weighted by molar-refractivity contribution is 7.85. The molecule has 0 amide bonds. The van der Waals surface area contributed by atoms with Crippen LogP contribution in [0.25, 0.3) is 0 Å². The fraction of sp³-hybridized carbons (Fsp3) is 0.455. The standard InChI is InChI=1S/C11H14ClNOS/c12-9-3-5-11(6-4-9)15(14)8-10-2-1-7-13-10/h3-6,10,13H,1-2,7-8H2. The SMILES string of the molecule is O=S(CC1CCCN1)c1ccc(Cl)cc1. The average molecular weight is 244 g/mol. The van der Waals surface area contributed by atoms with Gasteiger partial charge in [-0.15, -0.1) is 0 Å². The van der Waals surface area contributed by atoms with Gasteiger partial charge in [-0.05, 0) is 43.7 Å². The molecule has 2 unspecified atom stereocenters. The Hall–Kier alpha value is -0.380. The number of hydrogen-bond acceptors (Lipinski definition) is 2. The predicted molar refractivity (Wildman–Crippen MR) is 63.8 cm³/mol.